The van der Waals surface area contributed by atoms with Gasteiger partial charge in [-0.1, -0.05) is 60.7 Å². The fraction of sp³-hybridized carbons (Fsp3) is 0.150. The van der Waals surface area contributed by atoms with Crippen LogP contribution in [0.3, 0.4) is 0 Å². The number of aromatic nitrogens is 2. The molecule has 1 atom stereocenters. The molecule has 1 unspecified atom stereocenters. The topological polar surface area (TPSA) is 70.6 Å². The Morgan fingerprint density at radius 3 is 2.38 bits per heavy atom. The van der Waals surface area contributed by atoms with Crippen LogP contribution < -0.4 is 0 Å². The van der Waals surface area contributed by atoms with Crippen LogP contribution in [-0.2, 0) is 9.53 Å². The summed E-state index contributed by atoms with van der Waals surface area (Å²) >= 11 is 0. The second-order valence-corrected chi connectivity index (χ2v) is 6.09. The summed E-state index contributed by atoms with van der Waals surface area (Å²) in [7, 11) is 0. The van der Waals surface area contributed by atoms with E-state index in [9.17, 15) is 4.79 Å². The molecule has 0 saturated heterocycles. The number of ether oxygens (including phenoxy) is 1. The number of carbonyl (C=O) groups is 1. The van der Waals surface area contributed by atoms with Gasteiger partial charge in [0, 0.05) is 23.6 Å². The molecule has 0 aliphatic carbocycles. The number of hydrazone groups is 1. The lowest BCUT2D eigenvalue weighted by atomic mass is 10.1. The molecule has 0 fully saturated rings. The molecular formula is C20H18N4O2. The summed E-state index contributed by atoms with van der Waals surface area (Å²) in [6, 6.07) is 19.5. The minimum absolute atomic E-state index is 0.186. The van der Waals surface area contributed by atoms with E-state index in [1.54, 1.807) is 0 Å². The Kier molecular flexibility index (Phi) is 4.01. The summed E-state index contributed by atoms with van der Waals surface area (Å²) < 4.78 is 6.02. The lowest BCUT2D eigenvalue weighted by molar-refractivity contribution is -0.135. The summed E-state index contributed by atoms with van der Waals surface area (Å²) in [5.41, 5.74) is 4.31. The predicted octanol–water partition coefficient (Wildman–Crippen LogP) is 3.62. The molecule has 26 heavy (non-hydrogen) atoms. The van der Waals surface area contributed by atoms with Crippen molar-refractivity contribution in [2.75, 3.05) is 0 Å². The number of amides is 1. The summed E-state index contributed by atoms with van der Waals surface area (Å²) in [5.74, 6) is 0.176. The number of nitrogens with one attached hydrogen (secondary N) is 1. The number of hydrogen-bond acceptors (Lipinski definition) is 4. The van der Waals surface area contributed by atoms with Gasteiger partial charge in [-0.05, 0) is 6.92 Å². The van der Waals surface area contributed by atoms with E-state index in [1.165, 1.54) is 11.9 Å². The number of hydrogen-bond donors (Lipinski definition) is 1. The van der Waals surface area contributed by atoms with E-state index in [1.807, 2.05) is 67.6 Å². The van der Waals surface area contributed by atoms with Crippen molar-refractivity contribution in [3.63, 3.8) is 0 Å². The van der Waals surface area contributed by atoms with Crippen molar-refractivity contribution in [3.05, 3.63) is 77.5 Å². The number of H-pyrrole nitrogens is 1. The van der Waals surface area contributed by atoms with Crippen LogP contribution in [0.2, 0.25) is 0 Å². The Hall–Kier alpha value is -3.41. The molecule has 6 heteroatoms. The number of carbonyl (C=O) groups excluding carboxylic acids is 1. The van der Waals surface area contributed by atoms with Crippen LogP contribution in [0.25, 0.3) is 11.3 Å². The molecule has 1 amide bonds. The van der Waals surface area contributed by atoms with Crippen LogP contribution >= 0.6 is 0 Å². The lowest BCUT2D eigenvalue weighted by Gasteiger charge is -2.18. The van der Waals surface area contributed by atoms with E-state index in [4.69, 9.17) is 4.74 Å². The maximum absolute atomic E-state index is 12.0. The van der Waals surface area contributed by atoms with Gasteiger partial charge in [0.05, 0.1) is 5.69 Å². The van der Waals surface area contributed by atoms with E-state index < -0.39 is 6.23 Å². The van der Waals surface area contributed by atoms with Gasteiger partial charge in [0.25, 0.3) is 5.90 Å². The molecular weight excluding hydrogens is 328 g/mol. The van der Waals surface area contributed by atoms with E-state index in [2.05, 4.69) is 15.3 Å². The maximum atomic E-state index is 12.0. The van der Waals surface area contributed by atoms with Gasteiger partial charge in [0.15, 0.2) is 0 Å². The highest BCUT2D eigenvalue weighted by Crippen LogP contribution is 2.32. The highest BCUT2D eigenvalue weighted by molar-refractivity contribution is 5.97. The van der Waals surface area contributed by atoms with Crippen molar-refractivity contribution in [2.24, 2.45) is 5.10 Å². The minimum Gasteiger partial charge on any atom is -0.445 e. The first-order valence-electron chi connectivity index (χ1n) is 8.36. The molecule has 3 aromatic rings. The summed E-state index contributed by atoms with van der Waals surface area (Å²) in [4.78, 5) is 12.0. The van der Waals surface area contributed by atoms with Crippen LogP contribution in [-0.4, -0.2) is 27.0 Å². The predicted molar refractivity (Wildman–Crippen MR) is 98.1 cm³/mol. The van der Waals surface area contributed by atoms with E-state index >= 15 is 0 Å². The van der Waals surface area contributed by atoms with Gasteiger partial charge in [-0.25, -0.2) is 0 Å². The highest BCUT2D eigenvalue weighted by atomic mass is 16.5. The van der Waals surface area contributed by atoms with Crippen molar-refractivity contribution < 1.29 is 9.53 Å². The third kappa shape index (κ3) is 2.75. The second-order valence-electron chi connectivity index (χ2n) is 6.09. The van der Waals surface area contributed by atoms with Crippen molar-refractivity contribution in [1.29, 1.82) is 0 Å². The van der Waals surface area contributed by atoms with Gasteiger partial charge in [-0.15, -0.1) is 5.10 Å². The molecule has 0 bridgehead atoms. The number of benzene rings is 2. The Balaban J connectivity index is 1.70. The average Bonchev–Trinajstić information content (AvgIpc) is 3.27. The third-order valence-corrected chi connectivity index (χ3v) is 4.32. The first-order chi connectivity index (χ1) is 12.6. The largest absolute Gasteiger partial charge is 0.445 e. The Labute approximate surface area is 151 Å². The first kappa shape index (κ1) is 16.1. The van der Waals surface area contributed by atoms with Crippen molar-refractivity contribution in [2.45, 2.75) is 20.1 Å². The van der Waals surface area contributed by atoms with Gasteiger partial charge < -0.3 is 4.74 Å². The Morgan fingerprint density at radius 2 is 1.73 bits per heavy atom. The zero-order valence-corrected chi connectivity index (χ0v) is 14.5. The Morgan fingerprint density at radius 1 is 1.08 bits per heavy atom. The monoisotopic (exact) mass is 346 g/mol. The zero-order chi connectivity index (χ0) is 18.1. The quantitative estimate of drug-likeness (QED) is 0.787. The lowest BCUT2D eigenvalue weighted by Crippen LogP contribution is -2.25. The van der Waals surface area contributed by atoms with Gasteiger partial charge in [-0.2, -0.15) is 10.1 Å². The van der Waals surface area contributed by atoms with Crippen LogP contribution in [0.4, 0.5) is 0 Å². The highest BCUT2D eigenvalue weighted by Gasteiger charge is 2.34. The van der Waals surface area contributed by atoms with Crippen molar-refractivity contribution in [1.82, 2.24) is 15.2 Å². The fourth-order valence-electron chi connectivity index (χ4n) is 2.98. The Bertz CT molecular complexity index is 964. The molecule has 1 N–H and O–H groups in total. The molecule has 1 aromatic heterocycles. The molecule has 6 nitrogen and oxygen atoms in total. The average molecular weight is 346 g/mol. The van der Waals surface area contributed by atoms with Crippen LogP contribution in [0.1, 0.15) is 30.0 Å². The summed E-state index contributed by atoms with van der Waals surface area (Å²) in [6.07, 6.45) is -0.577. The number of rotatable bonds is 3. The second kappa shape index (κ2) is 6.48. The molecule has 0 radical (unpaired) electrons. The van der Waals surface area contributed by atoms with Gasteiger partial charge in [0.1, 0.15) is 5.69 Å². The van der Waals surface area contributed by atoms with Crippen LogP contribution in [0.5, 0.6) is 0 Å². The maximum Gasteiger partial charge on any atom is 0.259 e. The number of nitrogens with zero attached hydrogens (tertiary/aromatic N) is 3. The van der Waals surface area contributed by atoms with Crippen LogP contribution in [0, 0.1) is 6.92 Å². The van der Waals surface area contributed by atoms with Crippen LogP contribution in [0.15, 0.2) is 65.8 Å². The molecule has 2 aromatic carbocycles. The molecule has 2 heterocycles. The first-order valence-corrected chi connectivity index (χ1v) is 8.36. The molecule has 0 spiro atoms. The normalized spacial score (nSPS) is 16.3. The van der Waals surface area contributed by atoms with Gasteiger partial charge in [0.2, 0.25) is 12.1 Å². The SMILES string of the molecule is CC(=O)N1N=C(c2[nH]nc(-c3ccccc3)c2C)OC1c1ccccc1. The standard InChI is InChI=1S/C20H18N4O2/c1-13-17(15-9-5-3-6-10-15)21-22-18(13)19-23-24(14(2)25)20(26-19)16-11-7-4-8-12-16/h3-12,20H,1-2H3,(H,21,22). The van der Waals surface area contributed by atoms with E-state index in [0.29, 0.717) is 11.6 Å². The fourth-order valence-corrected chi connectivity index (χ4v) is 2.98. The summed E-state index contributed by atoms with van der Waals surface area (Å²) in [5, 5.41) is 13.2. The van der Waals surface area contributed by atoms with Gasteiger partial charge in [-0.3, -0.25) is 9.89 Å². The van der Waals surface area contributed by atoms with E-state index in [0.717, 1.165) is 22.4 Å². The molecule has 1 aliphatic heterocycles. The third-order valence-electron chi connectivity index (χ3n) is 4.32. The summed E-state index contributed by atoms with van der Waals surface area (Å²) in [6.45, 7) is 3.43. The molecule has 0 saturated carbocycles. The van der Waals surface area contributed by atoms with E-state index in [-0.39, 0.29) is 5.91 Å². The molecule has 130 valence electrons. The van der Waals surface area contributed by atoms with Gasteiger partial charge >= 0.3 is 0 Å². The number of aromatic amines is 1. The van der Waals surface area contributed by atoms with Crippen molar-refractivity contribution in [3.8, 4) is 11.3 Å². The minimum atomic E-state index is -0.577. The molecule has 1 aliphatic rings. The molecule has 4 rings (SSSR count). The smallest absolute Gasteiger partial charge is 0.259 e. The zero-order valence-electron chi connectivity index (χ0n) is 14.5. The van der Waals surface area contributed by atoms with Crippen molar-refractivity contribution >= 4 is 11.8 Å².